The van der Waals surface area contributed by atoms with Crippen LogP contribution in [-0.4, -0.2) is 54.4 Å². The molecular weight excluding hydrogens is 561 g/mol. The highest BCUT2D eigenvalue weighted by Gasteiger charge is 2.31. The van der Waals surface area contributed by atoms with Crippen LogP contribution >= 0.6 is 0 Å². The van der Waals surface area contributed by atoms with Gasteiger partial charge in [0, 0.05) is 30.8 Å². The van der Waals surface area contributed by atoms with E-state index in [1.807, 2.05) is 0 Å². The van der Waals surface area contributed by atoms with Gasteiger partial charge in [0.1, 0.15) is 17.3 Å². The Kier molecular flexibility index (Phi) is 8.96. The number of hydrogen-bond donors (Lipinski definition) is 2. The number of hydrogen-bond acceptors (Lipinski definition) is 7. The van der Waals surface area contributed by atoms with Crippen molar-refractivity contribution in [3.8, 4) is 11.5 Å². The summed E-state index contributed by atoms with van der Waals surface area (Å²) in [5, 5.41) is 2.78. The first-order valence-corrected chi connectivity index (χ1v) is 15.5. The van der Waals surface area contributed by atoms with Gasteiger partial charge >= 0.3 is 0 Å². The molecule has 0 radical (unpaired) electrons. The number of nitrogens with zero attached hydrogens (tertiary/aromatic N) is 1. The zero-order valence-electron chi connectivity index (χ0n) is 22.0. The predicted octanol–water partition coefficient (Wildman–Crippen LogP) is 3.82. The number of methoxy groups -OCH3 is 2. The molecule has 0 aromatic heterocycles. The summed E-state index contributed by atoms with van der Waals surface area (Å²) < 4.78 is 78.6. The van der Waals surface area contributed by atoms with Gasteiger partial charge in [0.25, 0.3) is 10.0 Å². The van der Waals surface area contributed by atoms with Crippen LogP contribution < -0.4 is 19.5 Å². The molecule has 3 aromatic rings. The molecule has 40 heavy (non-hydrogen) atoms. The third-order valence-corrected chi connectivity index (χ3v) is 9.80. The van der Waals surface area contributed by atoms with Gasteiger partial charge < -0.3 is 14.8 Å². The minimum absolute atomic E-state index is 0.0111. The Labute approximate surface area is 233 Å². The van der Waals surface area contributed by atoms with Crippen LogP contribution in [0.1, 0.15) is 18.4 Å². The number of benzene rings is 3. The molecule has 0 saturated carbocycles. The molecular formula is C27H30FN3O7S2. The summed E-state index contributed by atoms with van der Waals surface area (Å²) in [7, 11) is -4.64. The van der Waals surface area contributed by atoms with Gasteiger partial charge in [-0.05, 0) is 66.9 Å². The number of amides is 1. The summed E-state index contributed by atoms with van der Waals surface area (Å²) in [5.41, 5.74) is 1.15. The summed E-state index contributed by atoms with van der Waals surface area (Å²) in [5.74, 6) is -0.537. The number of piperidine rings is 1. The molecule has 1 fully saturated rings. The van der Waals surface area contributed by atoms with Gasteiger partial charge in [-0.25, -0.2) is 25.5 Å². The first-order valence-electron chi connectivity index (χ1n) is 12.4. The molecule has 214 valence electrons. The van der Waals surface area contributed by atoms with Gasteiger partial charge in [-0.1, -0.05) is 12.1 Å². The average Bonchev–Trinajstić information content (AvgIpc) is 2.94. The van der Waals surface area contributed by atoms with Gasteiger partial charge in [0.2, 0.25) is 15.9 Å². The fraction of sp³-hybridized carbons (Fsp3) is 0.296. The lowest BCUT2D eigenvalue weighted by Gasteiger charge is -2.30. The summed E-state index contributed by atoms with van der Waals surface area (Å²) in [6.07, 6.45) is 0.684. The summed E-state index contributed by atoms with van der Waals surface area (Å²) in [6, 6.07) is 15.7. The van der Waals surface area contributed by atoms with Crippen LogP contribution in [0.15, 0.2) is 71.6 Å². The maximum atomic E-state index is 13.1. The Bertz CT molecular complexity index is 1550. The lowest BCUT2D eigenvalue weighted by atomic mass is 9.97. The number of sulfonamides is 2. The Morgan fingerprint density at radius 2 is 1.57 bits per heavy atom. The Hall–Kier alpha value is -3.68. The normalized spacial score (nSPS) is 14.9. The van der Waals surface area contributed by atoms with Crippen molar-refractivity contribution >= 4 is 37.3 Å². The molecule has 3 aromatic carbocycles. The second kappa shape index (κ2) is 12.2. The van der Waals surface area contributed by atoms with Gasteiger partial charge in [-0.15, -0.1) is 0 Å². The predicted molar refractivity (Wildman–Crippen MR) is 149 cm³/mol. The highest BCUT2D eigenvalue weighted by atomic mass is 32.2. The van der Waals surface area contributed by atoms with Crippen LogP contribution in [0, 0.1) is 11.7 Å². The maximum Gasteiger partial charge on any atom is 0.262 e. The molecule has 0 atom stereocenters. The molecule has 1 amide bonds. The van der Waals surface area contributed by atoms with E-state index in [2.05, 4.69) is 10.0 Å². The van der Waals surface area contributed by atoms with Crippen LogP contribution in [0.3, 0.4) is 0 Å². The number of carbonyl (C=O) groups excluding carboxylic acids is 1. The van der Waals surface area contributed by atoms with Crippen LogP contribution in [0.4, 0.5) is 15.8 Å². The molecule has 1 heterocycles. The fourth-order valence-corrected chi connectivity index (χ4v) is 6.96. The molecule has 13 heteroatoms. The zero-order chi connectivity index (χ0) is 28.9. The lowest BCUT2D eigenvalue weighted by molar-refractivity contribution is -0.120. The van der Waals surface area contributed by atoms with E-state index in [1.54, 1.807) is 12.1 Å². The van der Waals surface area contributed by atoms with Crippen molar-refractivity contribution in [2.75, 3.05) is 37.3 Å². The van der Waals surface area contributed by atoms with Gasteiger partial charge in [-0.2, -0.15) is 0 Å². The molecule has 10 nitrogen and oxygen atoms in total. The van der Waals surface area contributed by atoms with E-state index in [9.17, 15) is 26.0 Å². The van der Waals surface area contributed by atoms with E-state index in [0.717, 1.165) is 0 Å². The van der Waals surface area contributed by atoms with Crippen molar-refractivity contribution in [1.29, 1.82) is 0 Å². The van der Waals surface area contributed by atoms with Gasteiger partial charge in [0.15, 0.2) is 0 Å². The van der Waals surface area contributed by atoms with Crippen molar-refractivity contribution in [3.63, 3.8) is 0 Å². The van der Waals surface area contributed by atoms with E-state index in [4.69, 9.17) is 9.47 Å². The van der Waals surface area contributed by atoms with Crippen molar-refractivity contribution < 1.29 is 35.5 Å². The lowest BCUT2D eigenvalue weighted by Crippen LogP contribution is -2.41. The Morgan fingerprint density at radius 1 is 0.925 bits per heavy atom. The third-order valence-electron chi connectivity index (χ3n) is 6.57. The molecule has 2 N–H and O–H groups in total. The summed E-state index contributed by atoms with van der Waals surface area (Å²) >= 11 is 0. The number of ether oxygens (including phenoxy) is 2. The maximum absolute atomic E-state index is 13.1. The molecule has 0 spiro atoms. The molecule has 1 aliphatic rings. The smallest absolute Gasteiger partial charge is 0.262 e. The minimum Gasteiger partial charge on any atom is -0.497 e. The fourth-order valence-electron chi connectivity index (χ4n) is 4.33. The van der Waals surface area contributed by atoms with E-state index < -0.39 is 31.8 Å². The number of rotatable bonds is 10. The first kappa shape index (κ1) is 29.3. The quantitative estimate of drug-likeness (QED) is 0.367. The van der Waals surface area contributed by atoms with Gasteiger partial charge in [-0.3, -0.25) is 9.52 Å². The van der Waals surface area contributed by atoms with Crippen molar-refractivity contribution in [2.45, 2.75) is 23.5 Å². The summed E-state index contributed by atoms with van der Waals surface area (Å²) in [4.78, 5) is 12.8. The van der Waals surface area contributed by atoms with Crippen molar-refractivity contribution in [2.24, 2.45) is 5.92 Å². The Morgan fingerprint density at radius 3 is 2.17 bits per heavy atom. The van der Waals surface area contributed by atoms with Crippen LogP contribution in [0.2, 0.25) is 0 Å². The second-order valence-corrected chi connectivity index (χ2v) is 12.9. The SMILES string of the molecule is COc1ccc(NS(=O)(=O)c2ccc(NC(=O)C3CCN(S(=O)(=O)Cc4ccc(F)cc4)CC3)cc2)c(OC)c1. The van der Waals surface area contributed by atoms with E-state index in [0.29, 0.717) is 35.6 Å². The van der Waals surface area contributed by atoms with E-state index >= 15 is 0 Å². The second-order valence-electron chi connectivity index (χ2n) is 9.24. The zero-order valence-corrected chi connectivity index (χ0v) is 23.6. The highest BCUT2D eigenvalue weighted by Crippen LogP contribution is 2.31. The largest absolute Gasteiger partial charge is 0.497 e. The monoisotopic (exact) mass is 591 g/mol. The molecule has 0 aliphatic carbocycles. The van der Waals surface area contributed by atoms with E-state index in [1.165, 1.54) is 73.1 Å². The number of carbonyl (C=O) groups is 1. The minimum atomic E-state index is -3.94. The van der Waals surface area contributed by atoms with Crippen LogP contribution in [0.5, 0.6) is 11.5 Å². The van der Waals surface area contributed by atoms with Crippen molar-refractivity contribution in [3.05, 3.63) is 78.1 Å². The van der Waals surface area contributed by atoms with Crippen molar-refractivity contribution in [1.82, 2.24) is 4.31 Å². The third kappa shape index (κ3) is 7.09. The number of nitrogens with one attached hydrogen (secondary N) is 2. The van der Waals surface area contributed by atoms with Crippen LogP contribution in [0.25, 0.3) is 0 Å². The molecule has 0 unspecified atom stereocenters. The topological polar surface area (TPSA) is 131 Å². The average molecular weight is 592 g/mol. The highest BCUT2D eigenvalue weighted by molar-refractivity contribution is 7.92. The molecule has 4 rings (SSSR count). The van der Waals surface area contributed by atoms with E-state index in [-0.39, 0.29) is 35.3 Å². The van der Waals surface area contributed by atoms with Crippen LogP contribution in [-0.2, 0) is 30.6 Å². The molecule has 0 bridgehead atoms. The number of anilines is 2. The van der Waals surface area contributed by atoms with Gasteiger partial charge in [0.05, 0.1) is 30.6 Å². The standard InChI is InChI=1S/C27H30FN3O7S2/c1-37-23-9-12-25(26(17-23)38-2)30-40(35,36)24-10-7-22(8-11-24)29-27(32)20-13-15-31(16-14-20)39(33,34)18-19-3-5-21(28)6-4-19/h3-12,17,20,30H,13-16,18H2,1-2H3,(H,29,32). The first-order chi connectivity index (χ1) is 19.0. The Balaban J connectivity index is 1.33. The molecule has 1 saturated heterocycles. The number of halogens is 1. The molecule has 1 aliphatic heterocycles. The summed E-state index contributed by atoms with van der Waals surface area (Å²) in [6.45, 7) is 0.387.